The maximum Gasteiger partial charge on any atom is 0.472 e. The van der Waals surface area contributed by atoms with E-state index in [1.54, 1.807) is 0 Å². The molecule has 0 radical (unpaired) electrons. The molecule has 0 saturated heterocycles. The number of allylic oxidation sites excluding steroid dienone is 10. The van der Waals surface area contributed by atoms with Gasteiger partial charge in [0.25, 0.3) is 0 Å². The van der Waals surface area contributed by atoms with Gasteiger partial charge in [-0.2, -0.15) is 0 Å². The number of aliphatic hydroxyl groups is 1. The number of rotatable bonds is 50. The van der Waals surface area contributed by atoms with Crippen molar-refractivity contribution in [3.05, 3.63) is 60.8 Å². The number of ether oxygens (including phenoxy) is 3. The second kappa shape index (κ2) is 50.6. The van der Waals surface area contributed by atoms with E-state index in [1.807, 2.05) is 0 Å². The lowest BCUT2D eigenvalue weighted by atomic mass is 10.0. The predicted molar refractivity (Wildman–Crippen MR) is 279 cm³/mol. The molecular weight excluding hydrogens is 880 g/mol. The summed E-state index contributed by atoms with van der Waals surface area (Å²) in [5.41, 5.74) is 0. The van der Waals surface area contributed by atoms with E-state index in [0.717, 1.165) is 103 Å². The highest BCUT2D eigenvalue weighted by molar-refractivity contribution is 7.47. The molecule has 0 fully saturated rings. The summed E-state index contributed by atoms with van der Waals surface area (Å²) in [6.45, 7) is 4.42. The van der Waals surface area contributed by atoms with Crippen molar-refractivity contribution in [3.63, 3.8) is 0 Å². The third kappa shape index (κ3) is 48.2. The van der Waals surface area contributed by atoms with Crippen LogP contribution in [0.3, 0.4) is 0 Å². The average Bonchev–Trinajstić information content (AvgIpc) is 3.32. The van der Waals surface area contributed by atoms with Gasteiger partial charge in [-0.15, -0.1) is 0 Å². The Hall–Kier alpha value is -2.82. The molecule has 0 aromatic rings. The summed E-state index contributed by atoms with van der Waals surface area (Å²) in [6, 6.07) is 0. The molecule has 68 heavy (non-hydrogen) atoms. The standard InChI is InChI=1S/C56H99O11P/c1-4-7-10-13-16-19-22-25-26-29-32-35-38-41-44-47-56(60)67-53(49-63-54(58)45-42-39-36-33-30-27-23-20-17-14-11-8-5-2)51-65-68(61,62)64-50-52(48-57)66-55(59)46-43-40-37-34-31-28-24-21-18-15-12-9-6-3/h8,11-12,15,17,20-21,24,27,30,52-53,57H,4-7,9-10,13-14,16,18-19,22-23,25-26,28-29,31-51H2,1-3H3,(H,61,62)/b11-8-,15-12-,20-17-,24-21-,30-27-. The SMILES string of the molecule is CC/C=C\C/C=C\C/C=C\CCCCCC(=O)OCC(COP(=O)(O)OCC(CO)OC(=O)CCCCCCC/C=C\C/C=C\CCC)OC(=O)CCCCCCCCCCCCCCCCC. The second-order valence-electron chi connectivity index (χ2n) is 18.0. The molecule has 2 N–H and O–H groups in total. The molecular formula is C56H99O11P. The van der Waals surface area contributed by atoms with Gasteiger partial charge in [0.1, 0.15) is 12.7 Å². The van der Waals surface area contributed by atoms with Gasteiger partial charge in [0.2, 0.25) is 0 Å². The number of carbonyl (C=O) groups excluding carboxylic acids is 3. The minimum Gasteiger partial charge on any atom is -0.462 e. The average molecular weight is 979 g/mol. The Labute approximate surface area is 415 Å². The van der Waals surface area contributed by atoms with Crippen LogP contribution in [-0.2, 0) is 42.2 Å². The smallest absolute Gasteiger partial charge is 0.462 e. The van der Waals surface area contributed by atoms with Crippen LogP contribution >= 0.6 is 7.82 Å². The van der Waals surface area contributed by atoms with Crippen LogP contribution in [0.5, 0.6) is 0 Å². The van der Waals surface area contributed by atoms with E-state index in [2.05, 4.69) is 81.5 Å². The van der Waals surface area contributed by atoms with E-state index in [1.165, 1.54) is 77.0 Å². The van der Waals surface area contributed by atoms with Crippen LogP contribution in [0.2, 0.25) is 0 Å². The number of unbranched alkanes of at least 4 members (excludes halogenated alkanes) is 23. The molecule has 0 heterocycles. The number of phosphoric acid groups is 1. The predicted octanol–water partition coefficient (Wildman–Crippen LogP) is 15.6. The van der Waals surface area contributed by atoms with Gasteiger partial charge >= 0.3 is 25.7 Å². The van der Waals surface area contributed by atoms with Crippen LogP contribution in [0.4, 0.5) is 0 Å². The van der Waals surface area contributed by atoms with E-state index in [-0.39, 0.29) is 25.9 Å². The van der Waals surface area contributed by atoms with Gasteiger partial charge in [0.05, 0.1) is 19.8 Å². The van der Waals surface area contributed by atoms with Crippen molar-refractivity contribution in [2.24, 2.45) is 0 Å². The van der Waals surface area contributed by atoms with E-state index in [9.17, 15) is 28.9 Å². The highest BCUT2D eigenvalue weighted by atomic mass is 31.2. The zero-order chi connectivity index (χ0) is 49.9. The number of phosphoric ester groups is 1. The van der Waals surface area contributed by atoms with E-state index >= 15 is 0 Å². The highest BCUT2D eigenvalue weighted by Gasteiger charge is 2.28. The molecule has 0 aliphatic heterocycles. The van der Waals surface area contributed by atoms with E-state index in [4.69, 9.17) is 23.3 Å². The summed E-state index contributed by atoms with van der Waals surface area (Å²) in [6.07, 6.45) is 53.3. The molecule has 12 heteroatoms. The molecule has 0 aliphatic carbocycles. The molecule has 11 nitrogen and oxygen atoms in total. The number of hydrogen-bond donors (Lipinski definition) is 2. The first-order valence-electron chi connectivity index (χ1n) is 27.2. The Morgan fingerprint density at radius 2 is 0.794 bits per heavy atom. The molecule has 0 aromatic carbocycles. The van der Waals surface area contributed by atoms with E-state index in [0.29, 0.717) is 19.3 Å². The van der Waals surface area contributed by atoms with Crippen molar-refractivity contribution in [1.82, 2.24) is 0 Å². The number of hydrogen-bond acceptors (Lipinski definition) is 10. The maximum atomic E-state index is 12.9. The fraction of sp³-hybridized carbons (Fsp3) is 0.768. The topological polar surface area (TPSA) is 155 Å². The van der Waals surface area contributed by atoms with Crippen LogP contribution in [0.1, 0.15) is 239 Å². The lowest BCUT2D eigenvalue weighted by Gasteiger charge is -2.21. The Kier molecular flexibility index (Phi) is 48.5. The Bertz CT molecular complexity index is 1370. The summed E-state index contributed by atoms with van der Waals surface area (Å²) in [7, 11) is -4.75. The van der Waals surface area contributed by atoms with Crippen LogP contribution in [0.15, 0.2) is 60.8 Å². The Morgan fingerprint density at radius 1 is 0.426 bits per heavy atom. The Morgan fingerprint density at radius 3 is 1.25 bits per heavy atom. The molecule has 0 rings (SSSR count). The first-order valence-corrected chi connectivity index (χ1v) is 28.7. The number of aliphatic hydroxyl groups excluding tert-OH is 1. The fourth-order valence-corrected chi connectivity index (χ4v) is 8.07. The first kappa shape index (κ1) is 65.2. The van der Waals surface area contributed by atoms with Gasteiger partial charge in [-0.1, -0.05) is 204 Å². The molecule has 0 amide bonds. The van der Waals surface area contributed by atoms with Crippen LogP contribution < -0.4 is 0 Å². The van der Waals surface area contributed by atoms with Crippen molar-refractivity contribution < 1.29 is 52.2 Å². The van der Waals surface area contributed by atoms with Gasteiger partial charge < -0.3 is 24.2 Å². The summed E-state index contributed by atoms with van der Waals surface area (Å²) in [5, 5.41) is 9.78. The summed E-state index contributed by atoms with van der Waals surface area (Å²) in [4.78, 5) is 48.4. The highest BCUT2D eigenvalue weighted by Crippen LogP contribution is 2.43. The minimum atomic E-state index is -4.75. The molecule has 3 atom stereocenters. The van der Waals surface area contributed by atoms with Crippen LogP contribution in [-0.4, -0.2) is 66.5 Å². The largest absolute Gasteiger partial charge is 0.472 e. The van der Waals surface area contributed by atoms with E-state index < -0.39 is 57.8 Å². The quantitative estimate of drug-likeness (QED) is 0.0197. The molecule has 0 aliphatic rings. The zero-order valence-electron chi connectivity index (χ0n) is 43.3. The summed E-state index contributed by atoms with van der Waals surface area (Å²) >= 11 is 0. The zero-order valence-corrected chi connectivity index (χ0v) is 44.2. The van der Waals surface area contributed by atoms with Crippen LogP contribution in [0.25, 0.3) is 0 Å². The fourth-order valence-electron chi connectivity index (χ4n) is 7.29. The minimum absolute atomic E-state index is 0.159. The Balaban J connectivity index is 4.76. The molecule has 0 saturated carbocycles. The van der Waals surface area contributed by atoms with Crippen molar-refractivity contribution in [1.29, 1.82) is 0 Å². The van der Waals surface area contributed by atoms with Gasteiger partial charge in [-0.25, -0.2) is 4.57 Å². The normalized spacial score (nSPS) is 13.9. The second-order valence-corrected chi connectivity index (χ2v) is 19.5. The lowest BCUT2D eigenvalue weighted by Crippen LogP contribution is -2.30. The van der Waals surface area contributed by atoms with Gasteiger partial charge in [-0.05, 0) is 77.0 Å². The van der Waals surface area contributed by atoms with Crippen LogP contribution in [0, 0.1) is 0 Å². The molecule has 0 spiro atoms. The molecule has 0 aromatic heterocycles. The molecule has 394 valence electrons. The van der Waals surface area contributed by atoms with Gasteiger partial charge in [0, 0.05) is 19.3 Å². The molecule has 3 unspecified atom stereocenters. The first-order chi connectivity index (χ1) is 33.2. The van der Waals surface area contributed by atoms with Crippen molar-refractivity contribution >= 4 is 25.7 Å². The van der Waals surface area contributed by atoms with Gasteiger partial charge in [0.15, 0.2) is 6.10 Å². The number of carbonyl (C=O) groups is 3. The third-order valence-corrected chi connectivity index (χ3v) is 12.4. The monoisotopic (exact) mass is 979 g/mol. The summed E-state index contributed by atoms with van der Waals surface area (Å²) < 4.78 is 39.4. The summed E-state index contributed by atoms with van der Waals surface area (Å²) in [5.74, 6) is -1.51. The lowest BCUT2D eigenvalue weighted by molar-refractivity contribution is -0.161. The molecule has 0 bridgehead atoms. The van der Waals surface area contributed by atoms with Crippen molar-refractivity contribution in [2.75, 3.05) is 26.4 Å². The van der Waals surface area contributed by atoms with Crippen molar-refractivity contribution in [2.45, 2.75) is 251 Å². The maximum absolute atomic E-state index is 12.9. The van der Waals surface area contributed by atoms with Gasteiger partial charge in [-0.3, -0.25) is 23.4 Å². The number of esters is 3. The van der Waals surface area contributed by atoms with Crippen molar-refractivity contribution in [3.8, 4) is 0 Å². The third-order valence-electron chi connectivity index (χ3n) is 11.4.